The van der Waals surface area contributed by atoms with Crippen molar-refractivity contribution >= 4 is 16.9 Å². The highest BCUT2D eigenvalue weighted by Gasteiger charge is 2.19. The SMILES string of the molecule is Cc1cc(-c2ccc3c(c2)OCCO3)c2oc(N3CCOCC3)cc(=O)c2c1. The third-order valence-corrected chi connectivity index (χ3v) is 5.14. The summed E-state index contributed by atoms with van der Waals surface area (Å²) in [6.07, 6.45) is 0. The molecule has 1 aromatic heterocycles. The molecule has 2 aliphatic heterocycles. The summed E-state index contributed by atoms with van der Waals surface area (Å²) >= 11 is 0. The second-order valence-corrected chi connectivity index (χ2v) is 7.10. The van der Waals surface area contributed by atoms with Crippen molar-refractivity contribution in [3.8, 4) is 22.6 Å². The zero-order valence-electron chi connectivity index (χ0n) is 15.7. The van der Waals surface area contributed by atoms with Gasteiger partial charge in [-0.2, -0.15) is 0 Å². The van der Waals surface area contributed by atoms with Gasteiger partial charge < -0.3 is 23.5 Å². The number of aryl methyl sites for hydroxylation is 1. The van der Waals surface area contributed by atoms with Crippen LogP contribution in [0.5, 0.6) is 11.5 Å². The summed E-state index contributed by atoms with van der Waals surface area (Å²) in [7, 11) is 0. The van der Waals surface area contributed by atoms with Crippen molar-refractivity contribution in [2.45, 2.75) is 6.92 Å². The molecule has 28 heavy (non-hydrogen) atoms. The molecule has 0 radical (unpaired) electrons. The first kappa shape index (κ1) is 17.1. The normalized spacial score (nSPS) is 16.4. The van der Waals surface area contributed by atoms with Gasteiger partial charge in [0.1, 0.15) is 18.8 Å². The molecule has 3 heterocycles. The van der Waals surface area contributed by atoms with Gasteiger partial charge in [0.25, 0.3) is 0 Å². The zero-order chi connectivity index (χ0) is 19.1. The minimum Gasteiger partial charge on any atom is -0.486 e. The Morgan fingerprint density at radius 2 is 1.68 bits per heavy atom. The Kier molecular flexibility index (Phi) is 4.20. The summed E-state index contributed by atoms with van der Waals surface area (Å²) in [4.78, 5) is 14.9. The molecule has 0 amide bonds. The van der Waals surface area contributed by atoms with Gasteiger partial charge in [0, 0.05) is 24.7 Å². The van der Waals surface area contributed by atoms with Crippen LogP contribution in [0.15, 0.2) is 45.6 Å². The number of anilines is 1. The third-order valence-electron chi connectivity index (χ3n) is 5.14. The molecular formula is C22H21NO5. The molecule has 5 rings (SSSR count). The van der Waals surface area contributed by atoms with Crippen LogP contribution in [-0.2, 0) is 4.74 Å². The second-order valence-electron chi connectivity index (χ2n) is 7.10. The average molecular weight is 379 g/mol. The van der Waals surface area contributed by atoms with Crippen LogP contribution in [0.4, 0.5) is 5.88 Å². The molecule has 1 saturated heterocycles. The smallest absolute Gasteiger partial charge is 0.200 e. The van der Waals surface area contributed by atoms with Crippen LogP contribution in [0.25, 0.3) is 22.1 Å². The van der Waals surface area contributed by atoms with Crippen LogP contribution in [0.1, 0.15) is 5.56 Å². The Labute approximate surface area is 162 Å². The van der Waals surface area contributed by atoms with Gasteiger partial charge in [-0.25, -0.2) is 0 Å². The predicted molar refractivity (Wildman–Crippen MR) is 107 cm³/mol. The van der Waals surface area contributed by atoms with Crippen molar-refractivity contribution in [2.24, 2.45) is 0 Å². The number of morpholine rings is 1. The first-order valence-corrected chi connectivity index (χ1v) is 9.50. The lowest BCUT2D eigenvalue weighted by Crippen LogP contribution is -2.36. The number of hydrogen-bond donors (Lipinski definition) is 0. The minimum atomic E-state index is -0.0368. The maximum Gasteiger partial charge on any atom is 0.200 e. The van der Waals surface area contributed by atoms with E-state index in [-0.39, 0.29) is 5.43 Å². The molecule has 1 fully saturated rings. The van der Waals surface area contributed by atoms with Crippen LogP contribution in [0.3, 0.4) is 0 Å². The summed E-state index contributed by atoms with van der Waals surface area (Å²) in [6.45, 7) is 5.74. The maximum absolute atomic E-state index is 12.8. The maximum atomic E-state index is 12.8. The summed E-state index contributed by atoms with van der Waals surface area (Å²) in [5.74, 6) is 2.04. The topological polar surface area (TPSA) is 61.1 Å². The van der Waals surface area contributed by atoms with Gasteiger partial charge in [-0.15, -0.1) is 0 Å². The van der Waals surface area contributed by atoms with Gasteiger partial charge in [0.05, 0.1) is 18.6 Å². The van der Waals surface area contributed by atoms with Gasteiger partial charge in [-0.1, -0.05) is 6.07 Å². The van der Waals surface area contributed by atoms with Crippen LogP contribution in [0, 0.1) is 6.92 Å². The number of hydrogen-bond acceptors (Lipinski definition) is 6. The molecule has 0 unspecified atom stereocenters. The number of ether oxygens (including phenoxy) is 3. The van der Waals surface area contributed by atoms with Crippen molar-refractivity contribution in [3.05, 3.63) is 52.2 Å². The molecule has 0 N–H and O–H groups in total. The van der Waals surface area contributed by atoms with Gasteiger partial charge in [-0.05, 0) is 42.3 Å². The van der Waals surface area contributed by atoms with Crippen molar-refractivity contribution in [1.29, 1.82) is 0 Å². The Hall–Kier alpha value is -2.99. The average Bonchev–Trinajstić information content (AvgIpc) is 2.74. The van der Waals surface area contributed by atoms with Crippen molar-refractivity contribution in [3.63, 3.8) is 0 Å². The summed E-state index contributed by atoms with van der Waals surface area (Å²) in [5.41, 5.74) is 3.37. The van der Waals surface area contributed by atoms with E-state index in [1.54, 1.807) is 6.07 Å². The lowest BCUT2D eigenvalue weighted by molar-refractivity contribution is 0.121. The van der Waals surface area contributed by atoms with Gasteiger partial charge in [0.2, 0.25) is 0 Å². The molecule has 2 aromatic carbocycles. The number of fused-ring (bicyclic) bond motifs is 2. The Morgan fingerprint density at radius 3 is 2.50 bits per heavy atom. The van der Waals surface area contributed by atoms with Crippen molar-refractivity contribution < 1.29 is 18.6 Å². The fraction of sp³-hybridized carbons (Fsp3) is 0.318. The second kappa shape index (κ2) is 6.87. The first-order chi connectivity index (χ1) is 13.7. The molecule has 0 spiro atoms. The highest BCUT2D eigenvalue weighted by Crippen LogP contribution is 2.37. The van der Waals surface area contributed by atoms with E-state index in [1.165, 1.54) is 0 Å². The van der Waals surface area contributed by atoms with Crippen LogP contribution in [-0.4, -0.2) is 39.5 Å². The predicted octanol–water partition coefficient (Wildman–Crippen LogP) is 3.38. The molecule has 6 nitrogen and oxygen atoms in total. The third kappa shape index (κ3) is 2.99. The molecule has 2 aliphatic rings. The van der Waals surface area contributed by atoms with Gasteiger partial charge in [-0.3, -0.25) is 4.79 Å². The fourth-order valence-corrected chi connectivity index (χ4v) is 3.75. The molecule has 0 aliphatic carbocycles. The lowest BCUT2D eigenvalue weighted by Gasteiger charge is -2.27. The molecule has 3 aromatic rings. The fourth-order valence-electron chi connectivity index (χ4n) is 3.75. The molecule has 0 atom stereocenters. The number of nitrogens with zero attached hydrogens (tertiary/aromatic N) is 1. The van der Waals surface area contributed by atoms with Crippen LogP contribution < -0.4 is 19.8 Å². The van der Waals surface area contributed by atoms with E-state index in [2.05, 4.69) is 4.90 Å². The Morgan fingerprint density at radius 1 is 0.893 bits per heavy atom. The molecule has 6 heteroatoms. The molecule has 0 bridgehead atoms. The minimum absolute atomic E-state index is 0.0368. The summed E-state index contributed by atoms with van der Waals surface area (Å²) in [6, 6.07) is 11.3. The van der Waals surface area contributed by atoms with E-state index in [0.29, 0.717) is 62.1 Å². The summed E-state index contributed by atoms with van der Waals surface area (Å²) < 4.78 is 23.0. The van der Waals surface area contributed by atoms with E-state index < -0.39 is 0 Å². The number of benzene rings is 2. The van der Waals surface area contributed by atoms with E-state index >= 15 is 0 Å². The lowest BCUT2D eigenvalue weighted by atomic mass is 9.99. The number of rotatable bonds is 2. The Balaban J connectivity index is 1.69. The largest absolute Gasteiger partial charge is 0.486 e. The monoisotopic (exact) mass is 379 g/mol. The first-order valence-electron chi connectivity index (χ1n) is 9.50. The van der Waals surface area contributed by atoms with Gasteiger partial charge >= 0.3 is 0 Å². The van der Waals surface area contributed by atoms with E-state index in [1.807, 2.05) is 37.3 Å². The molecule has 144 valence electrons. The Bertz CT molecular complexity index is 1100. The van der Waals surface area contributed by atoms with Crippen molar-refractivity contribution in [2.75, 3.05) is 44.4 Å². The van der Waals surface area contributed by atoms with Crippen molar-refractivity contribution in [1.82, 2.24) is 0 Å². The standard InChI is InChI=1S/C22H21NO5/c1-14-10-16(15-2-3-19-20(12-15)27-9-8-26-19)22-17(11-14)18(24)13-21(28-22)23-4-6-25-7-5-23/h2-3,10-13H,4-9H2,1H3. The highest BCUT2D eigenvalue weighted by molar-refractivity contribution is 5.93. The highest BCUT2D eigenvalue weighted by atomic mass is 16.6. The molecular weight excluding hydrogens is 358 g/mol. The molecule has 0 saturated carbocycles. The van der Waals surface area contributed by atoms with E-state index in [9.17, 15) is 4.79 Å². The van der Waals surface area contributed by atoms with E-state index in [0.717, 1.165) is 22.4 Å². The zero-order valence-corrected chi connectivity index (χ0v) is 15.7. The van der Waals surface area contributed by atoms with Crippen LogP contribution >= 0.6 is 0 Å². The summed E-state index contributed by atoms with van der Waals surface area (Å²) in [5, 5.41) is 0.585. The van der Waals surface area contributed by atoms with Crippen LogP contribution in [0.2, 0.25) is 0 Å². The van der Waals surface area contributed by atoms with E-state index in [4.69, 9.17) is 18.6 Å². The quantitative estimate of drug-likeness (QED) is 0.680. The van der Waals surface area contributed by atoms with Gasteiger partial charge in [0.15, 0.2) is 22.8 Å².